The monoisotopic (exact) mass is 414 g/mol. The van der Waals surface area contributed by atoms with Crippen LogP contribution in [0.1, 0.15) is 41.6 Å². The number of carbonyl (C=O) groups is 1. The van der Waals surface area contributed by atoms with Gasteiger partial charge in [-0.25, -0.2) is 13.1 Å². The third-order valence-corrected chi connectivity index (χ3v) is 6.74. The molecule has 2 aromatic rings. The average molecular weight is 415 g/mol. The summed E-state index contributed by atoms with van der Waals surface area (Å²) in [5, 5.41) is 3.20. The Balaban J connectivity index is 1.79. The van der Waals surface area contributed by atoms with Crippen LogP contribution in [0.2, 0.25) is 0 Å². The van der Waals surface area contributed by atoms with Crippen molar-refractivity contribution in [3.63, 3.8) is 0 Å². The Labute approximate surface area is 172 Å². The Morgan fingerprint density at radius 3 is 2.28 bits per heavy atom. The largest absolute Gasteiger partial charge is 0.497 e. The van der Waals surface area contributed by atoms with Gasteiger partial charge in [0.15, 0.2) is 0 Å². The van der Waals surface area contributed by atoms with E-state index in [0.29, 0.717) is 5.56 Å². The van der Waals surface area contributed by atoms with Gasteiger partial charge >= 0.3 is 0 Å². The van der Waals surface area contributed by atoms with Gasteiger partial charge in [0, 0.05) is 12.1 Å². The Morgan fingerprint density at radius 1 is 1.10 bits per heavy atom. The first-order valence-corrected chi connectivity index (χ1v) is 11.1. The van der Waals surface area contributed by atoms with Gasteiger partial charge in [-0.05, 0) is 54.8 Å². The van der Waals surface area contributed by atoms with Gasteiger partial charge in [0.05, 0.1) is 17.5 Å². The van der Waals surface area contributed by atoms with Gasteiger partial charge in [-0.1, -0.05) is 31.1 Å². The second kappa shape index (κ2) is 8.80. The lowest BCUT2D eigenvalue weighted by Crippen LogP contribution is -2.43. The van der Waals surface area contributed by atoms with Crippen LogP contribution in [0.4, 0.5) is 0 Å². The summed E-state index contributed by atoms with van der Waals surface area (Å²) in [7, 11) is -1.99. The van der Waals surface area contributed by atoms with Crippen molar-refractivity contribution in [2.24, 2.45) is 0 Å². The van der Waals surface area contributed by atoms with Gasteiger partial charge in [0.1, 0.15) is 5.75 Å². The molecule has 0 bridgehead atoms. The number of hydrogen-bond acceptors (Lipinski definition) is 4. The van der Waals surface area contributed by atoms with Crippen molar-refractivity contribution in [1.29, 1.82) is 0 Å². The minimum atomic E-state index is -3.61. The molecule has 0 aliphatic heterocycles. The summed E-state index contributed by atoms with van der Waals surface area (Å²) in [6.45, 7) is 3.65. The summed E-state index contributed by atoms with van der Waals surface area (Å²) >= 11 is 0. The lowest BCUT2D eigenvalue weighted by atomic mass is 9.87. The van der Waals surface area contributed by atoms with Crippen molar-refractivity contribution < 1.29 is 17.9 Å². The van der Waals surface area contributed by atoms with E-state index in [1.165, 1.54) is 30.3 Å². The lowest BCUT2D eigenvalue weighted by Gasteiger charge is -2.31. The highest BCUT2D eigenvalue weighted by Gasteiger charge is 2.37. The van der Waals surface area contributed by atoms with Crippen LogP contribution in [-0.2, 0) is 15.6 Å². The van der Waals surface area contributed by atoms with Crippen molar-refractivity contribution in [3.05, 3.63) is 72.3 Å². The number of nitrogens with one attached hydrogen (secondary N) is 2. The minimum absolute atomic E-state index is 0.113. The van der Waals surface area contributed by atoms with Crippen LogP contribution >= 0.6 is 0 Å². The molecule has 0 saturated heterocycles. The fraction of sp³-hybridized carbons (Fsp3) is 0.318. The maximum Gasteiger partial charge on any atom is 0.251 e. The molecule has 0 radical (unpaired) electrons. The second-order valence-corrected chi connectivity index (χ2v) is 8.90. The van der Waals surface area contributed by atoms with E-state index in [9.17, 15) is 13.2 Å². The Hall–Kier alpha value is -2.64. The Kier molecular flexibility index (Phi) is 6.39. The molecule has 0 aromatic heterocycles. The topological polar surface area (TPSA) is 84.5 Å². The van der Waals surface area contributed by atoms with E-state index in [0.717, 1.165) is 37.0 Å². The van der Waals surface area contributed by atoms with E-state index in [4.69, 9.17) is 4.74 Å². The molecule has 0 unspecified atom stereocenters. The first kappa shape index (κ1) is 21.1. The van der Waals surface area contributed by atoms with Gasteiger partial charge in [-0.15, -0.1) is 6.58 Å². The maximum atomic E-state index is 12.9. The molecule has 2 N–H and O–H groups in total. The Bertz CT molecular complexity index is 961. The quantitative estimate of drug-likeness (QED) is 0.649. The van der Waals surface area contributed by atoms with Crippen LogP contribution in [0.15, 0.2) is 66.1 Å². The molecule has 7 heteroatoms. The van der Waals surface area contributed by atoms with E-state index >= 15 is 0 Å². The molecule has 154 valence electrons. The molecule has 1 amide bonds. The molecule has 1 fully saturated rings. The number of amides is 1. The molecule has 29 heavy (non-hydrogen) atoms. The van der Waals surface area contributed by atoms with E-state index in [1.54, 1.807) is 7.11 Å². The molecule has 1 aliphatic rings. The summed E-state index contributed by atoms with van der Waals surface area (Å²) in [6, 6.07) is 13.7. The van der Waals surface area contributed by atoms with E-state index in [1.807, 2.05) is 24.3 Å². The van der Waals surface area contributed by atoms with Crippen LogP contribution < -0.4 is 14.8 Å². The maximum absolute atomic E-state index is 12.9. The summed E-state index contributed by atoms with van der Waals surface area (Å²) in [6.07, 6.45) is 5.28. The highest BCUT2D eigenvalue weighted by atomic mass is 32.2. The molecule has 3 rings (SSSR count). The van der Waals surface area contributed by atoms with E-state index < -0.39 is 15.6 Å². The van der Waals surface area contributed by atoms with Crippen LogP contribution in [0.3, 0.4) is 0 Å². The molecule has 1 aliphatic carbocycles. The van der Waals surface area contributed by atoms with Gasteiger partial charge < -0.3 is 10.1 Å². The SMILES string of the molecule is C=CCNS(=O)(=O)c1ccc(C(=O)NC2(c3ccc(OC)cc3)CCCC2)cc1. The zero-order valence-corrected chi connectivity index (χ0v) is 17.3. The van der Waals surface area contributed by atoms with Crippen LogP contribution in [0.25, 0.3) is 0 Å². The van der Waals surface area contributed by atoms with Crippen molar-refractivity contribution in [3.8, 4) is 5.75 Å². The van der Waals surface area contributed by atoms with Gasteiger partial charge in [0.25, 0.3) is 5.91 Å². The lowest BCUT2D eigenvalue weighted by molar-refractivity contribution is 0.0898. The number of benzene rings is 2. The molecular weight excluding hydrogens is 388 g/mol. The number of rotatable bonds is 8. The minimum Gasteiger partial charge on any atom is -0.497 e. The highest BCUT2D eigenvalue weighted by Crippen LogP contribution is 2.39. The molecule has 2 aromatic carbocycles. The summed E-state index contributed by atoms with van der Waals surface area (Å²) < 4.78 is 32.0. The molecule has 6 nitrogen and oxygen atoms in total. The van der Waals surface area contributed by atoms with Crippen molar-refractivity contribution >= 4 is 15.9 Å². The van der Waals surface area contributed by atoms with Gasteiger partial charge in [-0.3, -0.25) is 4.79 Å². The van der Waals surface area contributed by atoms with Crippen LogP contribution in [-0.4, -0.2) is 28.0 Å². The highest BCUT2D eigenvalue weighted by molar-refractivity contribution is 7.89. The van der Waals surface area contributed by atoms with Gasteiger partial charge in [-0.2, -0.15) is 0 Å². The molecule has 0 atom stereocenters. The molecule has 0 spiro atoms. The second-order valence-electron chi connectivity index (χ2n) is 7.14. The van der Waals surface area contributed by atoms with Crippen LogP contribution in [0.5, 0.6) is 5.75 Å². The zero-order valence-electron chi connectivity index (χ0n) is 16.5. The summed E-state index contributed by atoms with van der Waals surface area (Å²) in [4.78, 5) is 13.0. The molecule has 1 saturated carbocycles. The number of methoxy groups -OCH3 is 1. The third-order valence-electron chi connectivity index (χ3n) is 5.30. The third kappa shape index (κ3) is 4.68. The number of sulfonamides is 1. The van der Waals surface area contributed by atoms with E-state index in [2.05, 4.69) is 16.6 Å². The normalized spacial score (nSPS) is 15.6. The fourth-order valence-electron chi connectivity index (χ4n) is 3.70. The smallest absolute Gasteiger partial charge is 0.251 e. The fourth-order valence-corrected chi connectivity index (χ4v) is 4.70. The first-order chi connectivity index (χ1) is 13.9. The van der Waals surface area contributed by atoms with Crippen LogP contribution in [0, 0.1) is 0 Å². The zero-order chi connectivity index (χ0) is 20.9. The van der Waals surface area contributed by atoms with Crippen molar-refractivity contribution in [2.45, 2.75) is 36.1 Å². The number of carbonyl (C=O) groups excluding carboxylic acids is 1. The summed E-state index contributed by atoms with van der Waals surface area (Å²) in [5.74, 6) is 0.556. The van der Waals surface area contributed by atoms with E-state index in [-0.39, 0.29) is 17.3 Å². The van der Waals surface area contributed by atoms with Crippen molar-refractivity contribution in [2.75, 3.05) is 13.7 Å². The number of ether oxygens (including phenoxy) is 1. The first-order valence-electron chi connectivity index (χ1n) is 9.58. The van der Waals surface area contributed by atoms with Crippen molar-refractivity contribution in [1.82, 2.24) is 10.0 Å². The average Bonchev–Trinajstić information content (AvgIpc) is 3.22. The van der Waals surface area contributed by atoms with Gasteiger partial charge in [0.2, 0.25) is 10.0 Å². The number of hydrogen-bond donors (Lipinski definition) is 2. The summed E-state index contributed by atoms with van der Waals surface area (Å²) in [5.41, 5.74) is 1.06. The standard InChI is InChI=1S/C22H26N2O4S/c1-3-16-23-29(26,27)20-12-6-17(7-13-20)21(25)24-22(14-4-5-15-22)18-8-10-19(28-2)11-9-18/h3,6-13,23H,1,4-5,14-16H2,2H3,(H,24,25). The Morgan fingerprint density at radius 2 is 1.72 bits per heavy atom. The predicted molar refractivity (Wildman–Crippen MR) is 112 cm³/mol. The molecule has 0 heterocycles. The predicted octanol–water partition coefficient (Wildman–Crippen LogP) is 3.36. The molecular formula is C22H26N2O4S.